The Morgan fingerprint density at radius 1 is 1.08 bits per heavy atom. The maximum absolute atomic E-state index is 8.69. The highest BCUT2D eigenvalue weighted by molar-refractivity contribution is 7.80. The molecule has 0 heterocycles. The van der Waals surface area contributed by atoms with E-state index in [4.69, 9.17) is 17.5 Å². The monoisotopic (exact) mass is 337 g/mol. The fourth-order valence-corrected chi connectivity index (χ4v) is 2.72. The third-order valence-electron chi connectivity index (χ3n) is 3.99. The average molecular weight is 337 g/mol. The Kier molecular flexibility index (Phi) is 7.25. The number of nitriles is 1. The Balaban J connectivity index is 1.80. The van der Waals surface area contributed by atoms with Gasteiger partial charge in [-0.25, -0.2) is 0 Å². The summed E-state index contributed by atoms with van der Waals surface area (Å²) in [5.74, 6) is 0.546. The number of benzene rings is 2. The van der Waals surface area contributed by atoms with Crippen LogP contribution in [0.1, 0.15) is 24.5 Å². The second-order valence-corrected chi connectivity index (χ2v) is 6.24. The second-order valence-electron chi connectivity index (χ2n) is 5.83. The van der Waals surface area contributed by atoms with Gasteiger partial charge in [0.25, 0.3) is 0 Å². The van der Waals surface area contributed by atoms with E-state index < -0.39 is 0 Å². The van der Waals surface area contributed by atoms with Gasteiger partial charge in [-0.1, -0.05) is 55.8 Å². The van der Waals surface area contributed by atoms with Crippen molar-refractivity contribution in [2.75, 3.05) is 11.9 Å². The molecule has 0 fully saturated rings. The van der Waals surface area contributed by atoms with Gasteiger partial charge in [0, 0.05) is 12.2 Å². The maximum Gasteiger partial charge on any atom is 0.170 e. The minimum Gasteiger partial charge on any atom is -0.362 e. The Morgan fingerprint density at radius 3 is 2.42 bits per heavy atom. The lowest BCUT2D eigenvalue weighted by atomic mass is 9.97. The topological polar surface area (TPSA) is 47.8 Å². The molecule has 0 saturated carbocycles. The summed E-state index contributed by atoms with van der Waals surface area (Å²) in [6.07, 6.45) is 2.59. The zero-order chi connectivity index (χ0) is 17.2. The zero-order valence-corrected chi connectivity index (χ0v) is 14.8. The van der Waals surface area contributed by atoms with Crippen LogP contribution in [0.25, 0.3) is 0 Å². The van der Waals surface area contributed by atoms with E-state index in [1.165, 1.54) is 5.56 Å². The third kappa shape index (κ3) is 6.02. The van der Waals surface area contributed by atoms with Crippen LogP contribution in [0.2, 0.25) is 0 Å². The van der Waals surface area contributed by atoms with Gasteiger partial charge < -0.3 is 10.6 Å². The molecule has 0 unspecified atom stereocenters. The summed E-state index contributed by atoms with van der Waals surface area (Å²) < 4.78 is 0. The van der Waals surface area contributed by atoms with E-state index in [1.54, 1.807) is 0 Å². The van der Waals surface area contributed by atoms with E-state index in [9.17, 15) is 0 Å². The standard InChI is InChI=1S/C20H23N3S/c1-2-16(14-18-6-4-3-5-7-18)15-22-20(24)23-19-10-8-17(9-11-19)12-13-21/h3-11,16H,2,12,14-15H2,1H3,(H2,22,23,24)/t16-/m0/s1. The molecule has 2 aromatic rings. The number of hydrogen-bond donors (Lipinski definition) is 2. The highest BCUT2D eigenvalue weighted by Gasteiger charge is 2.08. The van der Waals surface area contributed by atoms with Crippen LogP contribution in [0.4, 0.5) is 5.69 Å². The molecule has 0 bridgehead atoms. The summed E-state index contributed by atoms with van der Waals surface area (Å²) in [7, 11) is 0. The summed E-state index contributed by atoms with van der Waals surface area (Å²) in [6.45, 7) is 3.06. The van der Waals surface area contributed by atoms with Gasteiger partial charge in [0.15, 0.2) is 5.11 Å². The summed E-state index contributed by atoms with van der Waals surface area (Å²) in [6, 6.07) is 20.5. The van der Waals surface area contributed by atoms with E-state index in [1.807, 2.05) is 30.3 Å². The van der Waals surface area contributed by atoms with Gasteiger partial charge in [-0.2, -0.15) is 5.26 Å². The van der Waals surface area contributed by atoms with Crippen molar-refractivity contribution < 1.29 is 0 Å². The van der Waals surface area contributed by atoms with Crippen LogP contribution >= 0.6 is 12.2 Å². The van der Waals surface area contributed by atoms with Gasteiger partial charge in [-0.05, 0) is 47.8 Å². The lowest BCUT2D eigenvalue weighted by Crippen LogP contribution is -2.33. The number of anilines is 1. The molecule has 1 atom stereocenters. The second kappa shape index (κ2) is 9.69. The van der Waals surface area contributed by atoms with Gasteiger partial charge in [-0.3, -0.25) is 0 Å². The molecule has 0 saturated heterocycles. The van der Waals surface area contributed by atoms with Crippen molar-refractivity contribution >= 4 is 23.0 Å². The van der Waals surface area contributed by atoms with Crippen molar-refractivity contribution in [3.8, 4) is 6.07 Å². The Bertz CT molecular complexity index is 674. The summed E-state index contributed by atoms with van der Waals surface area (Å²) >= 11 is 5.38. The molecular weight excluding hydrogens is 314 g/mol. The molecule has 124 valence electrons. The summed E-state index contributed by atoms with van der Waals surface area (Å²) in [5.41, 5.74) is 3.30. The lowest BCUT2D eigenvalue weighted by molar-refractivity contribution is 0.498. The first-order valence-electron chi connectivity index (χ1n) is 8.26. The fourth-order valence-electron chi connectivity index (χ4n) is 2.52. The Labute approximate surface area is 149 Å². The van der Waals surface area contributed by atoms with Gasteiger partial charge in [0.05, 0.1) is 12.5 Å². The number of nitrogens with zero attached hydrogens (tertiary/aromatic N) is 1. The lowest BCUT2D eigenvalue weighted by Gasteiger charge is -2.18. The summed E-state index contributed by atoms with van der Waals surface area (Å²) in [5, 5.41) is 15.8. The van der Waals surface area contributed by atoms with Crippen LogP contribution < -0.4 is 10.6 Å². The van der Waals surface area contributed by atoms with Crippen LogP contribution in [-0.2, 0) is 12.8 Å². The number of hydrogen-bond acceptors (Lipinski definition) is 2. The fraction of sp³-hybridized carbons (Fsp3) is 0.300. The molecule has 0 amide bonds. The zero-order valence-electron chi connectivity index (χ0n) is 14.0. The highest BCUT2D eigenvalue weighted by Crippen LogP contribution is 2.12. The van der Waals surface area contributed by atoms with Gasteiger partial charge in [0.2, 0.25) is 0 Å². The molecule has 0 spiro atoms. The first-order valence-corrected chi connectivity index (χ1v) is 8.66. The van der Waals surface area contributed by atoms with Crippen molar-refractivity contribution in [3.05, 3.63) is 65.7 Å². The van der Waals surface area contributed by atoms with Gasteiger partial charge in [0.1, 0.15) is 0 Å². The van der Waals surface area contributed by atoms with Gasteiger partial charge in [-0.15, -0.1) is 0 Å². The van der Waals surface area contributed by atoms with E-state index in [2.05, 4.69) is 47.9 Å². The highest BCUT2D eigenvalue weighted by atomic mass is 32.1. The van der Waals surface area contributed by atoms with Crippen molar-refractivity contribution in [2.45, 2.75) is 26.2 Å². The predicted octanol–water partition coefficient (Wildman–Crippen LogP) is 4.31. The molecule has 0 aliphatic carbocycles. The predicted molar refractivity (Wildman–Crippen MR) is 104 cm³/mol. The molecule has 0 aliphatic heterocycles. The molecule has 0 radical (unpaired) electrons. The minimum atomic E-state index is 0.431. The normalized spacial score (nSPS) is 11.3. The summed E-state index contributed by atoms with van der Waals surface area (Å²) in [4.78, 5) is 0. The number of nitrogens with one attached hydrogen (secondary N) is 2. The third-order valence-corrected chi connectivity index (χ3v) is 4.24. The van der Waals surface area contributed by atoms with Crippen LogP contribution in [0, 0.1) is 17.2 Å². The van der Waals surface area contributed by atoms with Crippen LogP contribution in [0.15, 0.2) is 54.6 Å². The van der Waals surface area contributed by atoms with Crippen LogP contribution in [0.5, 0.6) is 0 Å². The van der Waals surface area contributed by atoms with Crippen LogP contribution in [0.3, 0.4) is 0 Å². The Hall–Kier alpha value is -2.38. The van der Waals surface area contributed by atoms with Gasteiger partial charge >= 0.3 is 0 Å². The van der Waals surface area contributed by atoms with E-state index in [-0.39, 0.29) is 0 Å². The van der Waals surface area contributed by atoms with Crippen molar-refractivity contribution in [1.82, 2.24) is 5.32 Å². The van der Waals surface area contributed by atoms with E-state index in [0.717, 1.165) is 30.6 Å². The average Bonchev–Trinajstić information content (AvgIpc) is 2.61. The number of rotatable bonds is 7. The van der Waals surface area contributed by atoms with E-state index >= 15 is 0 Å². The molecule has 2 aromatic carbocycles. The quantitative estimate of drug-likeness (QED) is 0.739. The smallest absolute Gasteiger partial charge is 0.170 e. The molecule has 24 heavy (non-hydrogen) atoms. The van der Waals surface area contributed by atoms with Crippen molar-refractivity contribution in [3.63, 3.8) is 0 Å². The SMILES string of the molecule is CC[C@H](CNC(=S)Nc1ccc(CC#N)cc1)Cc1ccccc1. The molecule has 2 rings (SSSR count). The number of thiocarbonyl (C=S) groups is 1. The molecule has 2 N–H and O–H groups in total. The molecule has 0 aromatic heterocycles. The minimum absolute atomic E-state index is 0.431. The maximum atomic E-state index is 8.69. The van der Waals surface area contributed by atoms with Crippen LogP contribution in [-0.4, -0.2) is 11.7 Å². The van der Waals surface area contributed by atoms with Crippen molar-refractivity contribution in [2.24, 2.45) is 5.92 Å². The molecule has 0 aliphatic rings. The Morgan fingerprint density at radius 2 is 1.79 bits per heavy atom. The first-order chi connectivity index (χ1) is 11.7. The van der Waals surface area contributed by atoms with Crippen molar-refractivity contribution in [1.29, 1.82) is 5.26 Å². The van der Waals surface area contributed by atoms with E-state index in [0.29, 0.717) is 17.5 Å². The molecular formula is C20H23N3S. The molecule has 4 heteroatoms. The molecule has 3 nitrogen and oxygen atoms in total. The largest absolute Gasteiger partial charge is 0.362 e. The first kappa shape index (κ1) is 18.0.